The number of allylic oxidation sites excluding steroid dienone is 1. The van der Waals surface area contributed by atoms with E-state index >= 15 is 0 Å². The lowest BCUT2D eigenvalue weighted by Gasteiger charge is -2.01. The molecule has 0 aliphatic heterocycles. The zero-order chi connectivity index (χ0) is 13.1. The predicted molar refractivity (Wildman–Crippen MR) is 60.9 cm³/mol. The SMILES string of the molecule is CS(=O)(=O)c1ccc(C=CC#N)c([N+](=O)[O-])c1. The van der Waals surface area contributed by atoms with Crippen molar-refractivity contribution in [2.24, 2.45) is 0 Å². The lowest BCUT2D eigenvalue weighted by Crippen LogP contribution is -1.99. The van der Waals surface area contributed by atoms with Crippen molar-refractivity contribution >= 4 is 21.6 Å². The fraction of sp³-hybridized carbons (Fsp3) is 0.100. The minimum atomic E-state index is -3.49. The molecule has 0 aromatic heterocycles. The highest BCUT2D eigenvalue weighted by molar-refractivity contribution is 7.90. The van der Waals surface area contributed by atoms with Crippen molar-refractivity contribution in [3.8, 4) is 6.07 Å². The molecule has 0 unspecified atom stereocenters. The molecule has 0 saturated heterocycles. The molecule has 0 aliphatic rings. The van der Waals surface area contributed by atoms with Crippen molar-refractivity contribution in [3.05, 3.63) is 40.0 Å². The average molecular weight is 252 g/mol. The number of nitrogens with zero attached hydrogens (tertiary/aromatic N) is 2. The van der Waals surface area contributed by atoms with Gasteiger partial charge in [0.25, 0.3) is 5.69 Å². The number of nitro benzene ring substituents is 1. The summed E-state index contributed by atoms with van der Waals surface area (Å²) < 4.78 is 22.5. The molecule has 0 bridgehead atoms. The Morgan fingerprint density at radius 1 is 1.47 bits per heavy atom. The zero-order valence-electron chi connectivity index (χ0n) is 8.82. The lowest BCUT2D eigenvalue weighted by molar-refractivity contribution is -0.385. The highest BCUT2D eigenvalue weighted by Crippen LogP contribution is 2.24. The maximum atomic E-state index is 11.2. The van der Waals surface area contributed by atoms with Crippen LogP contribution < -0.4 is 0 Å². The Kier molecular flexibility index (Phi) is 3.60. The molecule has 0 radical (unpaired) electrons. The molecule has 6 nitrogen and oxygen atoms in total. The van der Waals surface area contributed by atoms with Gasteiger partial charge in [-0.05, 0) is 18.2 Å². The molecule has 1 rings (SSSR count). The lowest BCUT2D eigenvalue weighted by atomic mass is 10.1. The second-order valence-corrected chi connectivity index (χ2v) is 5.23. The summed E-state index contributed by atoms with van der Waals surface area (Å²) in [5.74, 6) is 0. The fourth-order valence-corrected chi connectivity index (χ4v) is 1.82. The predicted octanol–water partition coefficient (Wildman–Crippen LogP) is 1.54. The Balaban J connectivity index is 3.44. The van der Waals surface area contributed by atoms with E-state index in [4.69, 9.17) is 5.26 Å². The van der Waals surface area contributed by atoms with Gasteiger partial charge in [-0.15, -0.1) is 0 Å². The van der Waals surface area contributed by atoms with Crippen LogP contribution >= 0.6 is 0 Å². The first kappa shape index (κ1) is 12.9. The summed E-state index contributed by atoms with van der Waals surface area (Å²) in [4.78, 5) is 9.94. The number of benzene rings is 1. The van der Waals surface area contributed by atoms with Gasteiger partial charge in [-0.1, -0.05) is 0 Å². The van der Waals surface area contributed by atoms with Crippen molar-refractivity contribution in [1.29, 1.82) is 5.26 Å². The summed E-state index contributed by atoms with van der Waals surface area (Å²) in [6.07, 6.45) is 3.31. The Hall–Kier alpha value is -2.20. The Bertz CT molecular complexity index is 626. The van der Waals surface area contributed by atoms with Gasteiger partial charge in [0, 0.05) is 18.4 Å². The summed E-state index contributed by atoms with van der Waals surface area (Å²) in [6, 6.07) is 5.24. The molecule has 0 aliphatic carbocycles. The van der Waals surface area contributed by atoms with E-state index in [0.717, 1.165) is 18.4 Å². The molecule has 0 N–H and O–H groups in total. The van der Waals surface area contributed by atoms with E-state index in [1.807, 2.05) is 0 Å². The largest absolute Gasteiger partial charge is 0.277 e. The molecule has 17 heavy (non-hydrogen) atoms. The van der Waals surface area contributed by atoms with E-state index in [9.17, 15) is 18.5 Å². The topological polar surface area (TPSA) is 101 Å². The standard InChI is InChI=1S/C10H8N2O4S/c1-17(15,16)9-5-4-8(3-2-6-11)10(7-9)12(13)14/h2-5,7H,1H3. The molecule has 0 spiro atoms. The summed E-state index contributed by atoms with van der Waals surface area (Å²) in [6.45, 7) is 0. The van der Waals surface area contributed by atoms with Gasteiger partial charge in [-0.2, -0.15) is 5.26 Å². The zero-order valence-corrected chi connectivity index (χ0v) is 9.64. The van der Waals surface area contributed by atoms with Crippen LogP contribution in [0.25, 0.3) is 6.08 Å². The van der Waals surface area contributed by atoms with E-state index in [-0.39, 0.29) is 16.1 Å². The normalized spacial score (nSPS) is 11.3. The van der Waals surface area contributed by atoms with Gasteiger partial charge in [0.1, 0.15) is 0 Å². The second kappa shape index (κ2) is 4.76. The van der Waals surface area contributed by atoms with Crippen LogP contribution in [-0.4, -0.2) is 19.6 Å². The van der Waals surface area contributed by atoms with Gasteiger partial charge in [0.2, 0.25) is 0 Å². The average Bonchev–Trinajstić information content (AvgIpc) is 2.24. The van der Waals surface area contributed by atoms with Crippen LogP contribution in [0.15, 0.2) is 29.2 Å². The maximum Gasteiger partial charge on any atom is 0.277 e. The van der Waals surface area contributed by atoms with Crippen molar-refractivity contribution in [1.82, 2.24) is 0 Å². The fourth-order valence-electron chi connectivity index (χ4n) is 1.18. The second-order valence-electron chi connectivity index (χ2n) is 3.21. The van der Waals surface area contributed by atoms with Crippen LogP contribution in [0.3, 0.4) is 0 Å². The first-order chi connectivity index (χ1) is 7.86. The van der Waals surface area contributed by atoms with E-state index < -0.39 is 14.8 Å². The van der Waals surface area contributed by atoms with E-state index in [1.54, 1.807) is 6.07 Å². The van der Waals surface area contributed by atoms with Crippen molar-refractivity contribution in [2.45, 2.75) is 4.90 Å². The number of rotatable bonds is 3. The summed E-state index contributed by atoms with van der Waals surface area (Å²) >= 11 is 0. The van der Waals surface area contributed by atoms with Gasteiger partial charge < -0.3 is 0 Å². The molecule has 0 amide bonds. The molecule has 1 aromatic carbocycles. The van der Waals surface area contributed by atoms with Crippen molar-refractivity contribution in [2.75, 3.05) is 6.26 Å². The number of hydrogen-bond donors (Lipinski definition) is 0. The highest BCUT2D eigenvalue weighted by Gasteiger charge is 2.16. The van der Waals surface area contributed by atoms with Gasteiger partial charge in [-0.3, -0.25) is 10.1 Å². The summed E-state index contributed by atoms with van der Waals surface area (Å²) in [7, 11) is -3.49. The summed E-state index contributed by atoms with van der Waals surface area (Å²) in [5, 5.41) is 19.1. The Morgan fingerprint density at radius 2 is 2.12 bits per heavy atom. The minimum Gasteiger partial charge on any atom is -0.258 e. The number of sulfone groups is 1. The maximum absolute atomic E-state index is 11.2. The van der Waals surface area contributed by atoms with Crippen molar-refractivity contribution in [3.63, 3.8) is 0 Å². The van der Waals surface area contributed by atoms with Crippen LogP contribution in [-0.2, 0) is 9.84 Å². The van der Waals surface area contributed by atoms with E-state index in [1.165, 1.54) is 18.2 Å². The molecule has 88 valence electrons. The Labute approximate surface area is 97.9 Å². The molecule has 0 heterocycles. The van der Waals surface area contributed by atoms with Gasteiger partial charge in [0.05, 0.1) is 21.5 Å². The van der Waals surface area contributed by atoms with Crippen LogP contribution in [0.4, 0.5) is 5.69 Å². The number of nitro groups is 1. The molecule has 1 aromatic rings. The Morgan fingerprint density at radius 3 is 2.59 bits per heavy atom. The number of hydrogen-bond acceptors (Lipinski definition) is 5. The number of nitriles is 1. The molecular weight excluding hydrogens is 244 g/mol. The van der Waals surface area contributed by atoms with Gasteiger partial charge >= 0.3 is 0 Å². The first-order valence-corrected chi connectivity index (χ1v) is 6.30. The van der Waals surface area contributed by atoms with Crippen molar-refractivity contribution < 1.29 is 13.3 Å². The van der Waals surface area contributed by atoms with Crippen LogP contribution in [0.5, 0.6) is 0 Å². The molecular formula is C10H8N2O4S. The van der Waals surface area contributed by atoms with E-state index in [0.29, 0.717) is 0 Å². The quantitative estimate of drug-likeness (QED) is 0.461. The van der Waals surface area contributed by atoms with Crippen LogP contribution in [0, 0.1) is 21.4 Å². The third-order valence-electron chi connectivity index (χ3n) is 1.96. The van der Waals surface area contributed by atoms with E-state index in [2.05, 4.69) is 0 Å². The molecule has 7 heteroatoms. The smallest absolute Gasteiger partial charge is 0.258 e. The summed E-state index contributed by atoms with van der Waals surface area (Å²) in [5.41, 5.74) is -0.164. The minimum absolute atomic E-state index is 0.127. The monoisotopic (exact) mass is 252 g/mol. The van der Waals surface area contributed by atoms with Crippen LogP contribution in [0.2, 0.25) is 0 Å². The third kappa shape index (κ3) is 3.12. The molecule has 0 fully saturated rings. The highest BCUT2D eigenvalue weighted by atomic mass is 32.2. The van der Waals surface area contributed by atoms with Crippen LogP contribution in [0.1, 0.15) is 5.56 Å². The first-order valence-electron chi connectivity index (χ1n) is 4.41. The molecule has 0 atom stereocenters. The van der Waals surface area contributed by atoms with Gasteiger partial charge in [-0.25, -0.2) is 8.42 Å². The third-order valence-corrected chi connectivity index (χ3v) is 3.07. The molecule has 0 saturated carbocycles. The van der Waals surface area contributed by atoms with Gasteiger partial charge in [0.15, 0.2) is 9.84 Å².